The van der Waals surface area contributed by atoms with Crippen LogP contribution in [0, 0.1) is 0 Å². The molecule has 1 aromatic heterocycles. The molecular formula is C9H14N4. The molecule has 3 N–H and O–H groups in total. The van der Waals surface area contributed by atoms with Crippen LogP contribution in [-0.4, -0.2) is 29.1 Å². The molecule has 0 radical (unpaired) electrons. The van der Waals surface area contributed by atoms with E-state index in [0.717, 1.165) is 25.3 Å². The van der Waals surface area contributed by atoms with Crippen LogP contribution in [-0.2, 0) is 0 Å². The Bertz CT molecular complexity index is 262. The van der Waals surface area contributed by atoms with E-state index in [1.807, 2.05) is 18.2 Å². The quantitative estimate of drug-likeness (QED) is 0.690. The van der Waals surface area contributed by atoms with Crippen molar-refractivity contribution in [2.45, 2.75) is 12.5 Å². The molecule has 0 bridgehead atoms. The van der Waals surface area contributed by atoms with Crippen molar-refractivity contribution < 1.29 is 0 Å². The summed E-state index contributed by atoms with van der Waals surface area (Å²) in [5, 5.41) is 2.10. The van der Waals surface area contributed by atoms with Gasteiger partial charge in [0.2, 0.25) is 0 Å². The van der Waals surface area contributed by atoms with Crippen molar-refractivity contribution in [3.8, 4) is 0 Å². The Morgan fingerprint density at radius 3 is 3.08 bits per heavy atom. The average Bonchev–Trinajstić information content (AvgIpc) is 2.53. The molecule has 1 unspecified atom stereocenters. The first-order chi connectivity index (χ1) is 6.34. The molecule has 1 saturated heterocycles. The molecule has 1 aliphatic rings. The number of rotatable bonds is 2. The van der Waals surface area contributed by atoms with Crippen LogP contribution >= 0.6 is 0 Å². The number of anilines is 1. The summed E-state index contributed by atoms with van der Waals surface area (Å²) in [6.07, 6.45) is 2.83. The monoisotopic (exact) mass is 178 g/mol. The Morgan fingerprint density at radius 2 is 2.46 bits per heavy atom. The van der Waals surface area contributed by atoms with Gasteiger partial charge in [0.15, 0.2) is 0 Å². The lowest BCUT2D eigenvalue weighted by atomic mass is 10.3. The van der Waals surface area contributed by atoms with Crippen molar-refractivity contribution in [2.75, 3.05) is 18.5 Å². The van der Waals surface area contributed by atoms with Crippen molar-refractivity contribution in [3.05, 3.63) is 24.4 Å². The van der Waals surface area contributed by atoms with E-state index in [2.05, 4.69) is 15.4 Å². The Morgan fingerprint density at radius 1 is 1.54 bits per heavy atom. The van der Waals surface area contributed by atoms with Gasteiger partial charge < -0.3 is 11.2 Å². The molecular weight excluding hydrogens is 164 g/mol. The summed E-state index contributed by atoms with van der Waals surface area (Å²) in [5.74, 6) is 0.886. The van der Waals surface area contributed by atoms with Crippen molar-refractivity contribution in [3.63, 3.8) is 0 Å². The number of hydrazine groups is 1. The van der Waals surface area contributed by atoms with Crippen LogP contribution in [0.15, 0.2) is 24.4 Å². The highest BCUT2D eigenvalue weighted by Crippen LogP contribution is 2.09. The van der Waals surface area contributed by atoms with Gasteiger partial charge >= 0.3 is 0 Å². The summed E-state index contributed by atoms with van der Waals surface area (Å²) in [4.78, 5) is 4.17. The summed E-state index contributed by atoms with van der Waals surface area (Å²) in [5.41, 5.74) is 8.99. The predicted octanol–water partition coefficient (Wildman–Crippen LogP) is 0.441. The van der Waals surface area contributed by atoms with Crippen LogP contribution in [0.1, 0.15) is 6.42 Å². The molecule has 4 heteroatoms. The molecule has 0 aromatic carbocycles. The zero-order chi connectivity index (χ0) is 9.10. The van der Waals surface area contributed by atoms with E-state index < -0.39 is 0 Å². The fraction of sp³-hybridized carbons (Fsp3) is 0.444. The van der Waals surface area contributed by atoms with Crippen molar-refractivity contribution in [1.82, 2.24) is 9.99 Å². The highest BCUT2D eigenvalue weighted by Gasteiger charge is 2.18. The van der Waals surface area contributed by atoms with Crippen LogP contribution in [0.3, 0.4) is 0 Å². The fourth-order valence-corrected chi connectivity index (χ4v) is 1.48. The second-order valence-corrected chi connectivity index (χ2v) is 3.32. The van der Waals surface area contributed by atoms with E-state index in [1.165, 1.54) is 0 Å². The van der Waals surface area contributed by atoms with Crippen molar-refractivity contribution in [2.24, 2.45) is 5.73 Å². The molecule has 2 rings (SSSR count). The molecule has 70 valence electrons. The molecule has 1 atom stereocenters. The fourth-order valence-electron chi connectivity index (χ4n) is 1.48. The summed E-state index contributed by atoms with van der Waals surface area (Å²) in [6.45, 7) is 1.90. The first kappa shape index (κ1) is 8.47. The van der Waals surface area contributed by atoms with Gasteiger partial charge in [-0.3, -0.25) is 0 Å². The van der Waals surface area contributed by atoms with E-state index in [0.29, 0.717) is 6.04 Å². The first-order valence-corrected chi connectivity index (χ1v) is 4.53. The molecule has 0 spiro atoms. The topological polar surface area (TPSA) is 54.2 Å². The number of pyridine rings is 1. The van der Waals surface area contributed by atoms with E-state index in [1.54, 1.807) is 6.20 Å². The lowest BCUT2D eigenvalue weighted by Crippen LogP contribution is -2.31. The largest absolute Gasteiger partial charge is 0.326 e. The smallest absolute Gasteiger partial charge is 0.140 e. The van der Waals surface area contributed by atoms with Gasteiger partial charge in [0.25, 0.3) is 0 Å². The summed E-state index contributed by atoms with van der Waals surface area (Å²) in [6, 6.07) is 6.12. The maximum absolute atomic E-state index is 5.78. The predicted molar refractivity (Wildman–Crippen MR) is 52.0 cm³/mol. The zero-order valence-corrected chi connectivity index (χ0v) is 7.48. The van der Waals surface area contributed by atoms with Gasteiger partial charge in [0.1, 0.15) is 5.82 Å². The van der Waals surface area contributed by atoms with E-state index in [4.69, 9.17) is 5.73 Å². The lowest BCUT2D eigenvalue weighted by Gasteiger charge is -2.16. The molecule has 0 aliphatic carbocycles. The number of nitrogens with zero attached hydrogens (tertiary/aromatic N) is 2. The number of nitrogens with one attached hydrogen (secondary N) is 1. The number of hydrogen-bond donors (Lipinski definition) is 2. The molecule has 2 heterocycles. The molecule has 13 heavy (non-hydrogen) atoms. The minimum absolute atomic E-state index is 0.302. The molecule has 0 amide bonds. The third-order valence-corrected chi connectivity index (χ3v) is 2.16. The van der Waals surface area contributed by atoms with Gasteiger partial charge in [-0.05, 0) is 18.6 Å². The minimum atomic E-state index is 0.302. The average molecular weight is 178 g/mol. The first-order valence-electron chi connectivity index (χ1n) is 4.53. The summed E-state index contributed by atoms with van der Waals surface area (Å²) < 4.78 is 0. The maximum Gasteiger partial charge on any atom is 0.140 e. The number of nitrogens with two attached hydrogens (primary N) is 1. The van der Waals surface area contributed by atoms with E-state index in [9.17, 15) is 0 Å². The van der Waals surface area contributed by atoms with Gasteiger partial charge in [-0.25, -0.2) is 9.99 Å². The van der Waals surface area contributed by atoms with Gasteiger partial charge in [-0.1, -0.05) is 6.07 Å². The Kier molecular flexibility index (Phi) is 2.42. The number of hydrogen-bond acceptors (Lipinski definition) is 4. The van der Waals surface area contributed by atoms with Crippen LogP contribution < -0.4 is 11.2 Å². The minimum Gasteiger partial charge on any atom is -0.326 e. The standard InChI is InChI=1S/C9H14N4/c10-8-4-6-13(7-8)12-9-3-1-2-5-11-9/h1-3,5,8H,4,6-7,10H2,(H,11,12). The summed E-state index contributed by atoms with van der Waals surface area (Å²) in [7, 11) is 0. The van der Waals surface area contributed by atoms with Gasteiger partial charge in [0, 0.05) is 25.3 Å². The second kappa shape index (κ2) is 3.72. The Labute approximate surface area is 77.7 Å². The van der Waals surface area contributed by atoms with E-state index >= 15 is 0 Å². The van der Waals surface area contributed by atoms with E-state index in [-0.39, 0.29) is 0 Å². The van der Waals surface area contributed by atoms with Crippen LogP contribution in [0.5, 0.6) is 0 Å². The molecule has 0 saturated carbocycles. The third-order valence-electron chi connectivity index (χ3n) is 2.16. The highest BCUT2D eigenvalue weighted by atomic mass is 15.5. The normalized spacial score (nSPS) is 23.3. The van der Waals surface area contributed by atoms with Crippen LogP contribution in [0.2, 0.25) is 0 Å². The lowest BCUT2D eigenvalue weighted by molar-refractivity contribution is 0.402. The Hall–Kier alpha value is -1.13. The summed E-state index contributed by atoms with van der Waals surface area (Å²) >= 11 is 0. The molecule has 1 aromatic rings. The molecule has 1 fully saturated rings. The highest BCUT2D eigenvalue weighted by molar-refractivity contribution is 5.31. The number of aromatic nitrogens is 1. The zero-order valence-electron chi connectivity index (χ0n) is 7.48. The van der Waals surface area contributed by atoms with Crippen molar-refractivity contribution in [1.29, 1.82) is 0 Å². The van der Waals surface area contributed by atoms with Crippen LogP contribution in [0.25, 0.3) is 0 Å². The molecule has 4 nitrogen and oxygen atoms in total. The Balaban J connectivity index is 1.92. The van der Waals surface area contributed by atoms with Gasteiger partial charge in [0.05, 0.1) is 0 Å². The molecule has 1 aliphatic heterocycles. The van der Waals surface area contributed by atoms with Gasteiger partial charge in [-0.2, -0.15) is 0 Å². The van der Waals surface area contributed by atoms with Crippen molar-refractivity contribution >= 4 is 5.82 Å². The third kappa shape index (κ3) is 2.17. The SMILES string of the molecule is NC1CCN(Nc2ccccn2)C1. The maximum atomic E-state index is 5.78. The van der Waals surface area contributed by atoms with Gasteiger partial charge in [-0.15, -0.1) is 0 Å². The second-order valence-electron chi connectivity index (χ2n) is 3.32. The van der Waals surface area contributed by atoms with Crippen LogP contribution in [0.4, 0.5) is 5.82 Å².